The van der Waals surface area contributed by atoms with Gasteiger partial charge >= 0.3 is 0 Å². The van der Waals surface area contributed by atoms with Gasteiger partial charge in [0.25, 0.3) is 5.56 Å². The molecule has 0 aliphatic carbocycles. The molecule has 1 aromatic heterocycles. The predicted molar refractivity (Wildman–Crippen MR) is 58.8 cm³/mol. The van der Waals surface area contributed by atoms with Crippen LogP contribution in [0.25, 0.3) is 10.8 Å². The molecule has 0 aliphatic heterocycles. The van der Waals surface area contributed by atoms with Gasteiger partial charge in [0.15, 0.2) is 0 Å². The Balaban J connectivity index is 3.02. The van der Waals surface area contributed by atoms with Crippen molar-refractivity contribution in [3.05, 3.63) is 45.4 Å². The average Bonchev–Trinajstić information content (AvgIpc) is 2.07. The zero-order valence-electron chi connectivity index (χ0n) is 8.64. The maximum atomic E-state index is 11.6. The molecule has 1 aromatic carbocycles. The third kappa shape index (κ3) is 1.33. The van der Waals surface area contributed by atoms with Crippen molar-refractivity contribution in [3.8, 4) is 0 Å². The first-order valence-electron chi connectivity index (χ1n) is 4.69. The van der Waals surface area contributed by atoms with Gasteiger partial charge < -0.3 is 4.98 Å². The molecule has 14 heavy (non-hydrogen) atoms. The number of fused-ring (bicyclic) bond motifs is 1. The van der Waals surface area contributed by atoms with Gasteiger partial charge in [0.2, 0.25) is 0 Å². The van der Waals surface area contributed by atoms with Crippen LogP contribution >= 0.6 is 0 Å². The standard InChI is InChI=1S/C12H13NO/c1-7-4-8(2)10-6-9(3)13-12(14)11(10)5-7/h4-6H,1-3H3,(H,13,14). The first-order valence-corrected chi connectivity index (χ1v) is 4.69. The van der Waals surface area contributed by atoms with Crippen molar-refractivity contribution in [3.63, 3.8) is 0 Å². The molecule has 2 aromatic rings. The Bertz CT molecular complexity index is 552. The number of pyridine rings is 1. The number of benzene rings is 1. The quantitative estimate of drug-likeness (QED) is 0.675. The van der Waals surface area contributed by atoms with Gasteiger partial charge in [-0.3, -0.25) is 4.79 Å². The number of H-pyrrole nitrogens is 1. The molecular weight excluding hydrogens is 174 g/mol. The summed E-state index contributed by atoms with van der Waals surface area (Å²) in [6, 6.07) is 6.05. The summed E-state index contributed by atoms with van der Waals surface area (Å²) in [5.41, 5.74) is 3.21. The Morgan fingerprint density at radius 1 is 1.00 bits per heavy atom. The molecular formula is C12H13NO. The highest BCUT2D eigenvalue weighted by atomic mass is 16.1. The molecule has 0 saturated heterocycles. The van der Waals surface area contributed by atoms with Crippen molar-refractivity contribution in [1.29, 1.82) is 0 Å². The van der Waals surface area contributed by atoms with E-state index in [1.807, 2.05) is 32.9 Å². The summed E-state index contributed by atoms with van der Waals surface area (Å²) in [6.45, 7) is 5.94. The number of hydrogen-bond donors (Lipinski definition) is 1. The Morgan fingerprint density at radius 2 is 1.71 bits per heavy atom. The van der Waals surface area contributed by atoms with E-state index < -0.39 is 0 Å². The summed E-state index contributed by atoms with van der Waals surface area (Å²) >= 11 is 0. The zero-order valence-corrected chi connectivity index (χ0v) is 8.64. The SMILES string of the molecule is Cc1cc(C)c2cc(C)[nH]c(=O)c2c1. The maximum Gasteiger partial charge on any atom is 0.256 e. The van der Waals surface area contributed by atoms with Crippen LogP contribution < -0.4 is 5.56 Å². The minimum absolute atomic E-state index is 0.00630. The van der Waals surface area contributed by atoms with Crippen molar-refractivity contribution < 1.29 is 0 Å². The normalized spacial score (nSPS) is 10.8. The molecule has 0 aliphatic rings. The van der Waals surface area contributed by atoms with Crippen molar-refractivity contribution in [1.82, 2.24) is 4.98 Å². The molecule has 0 bridgehead atoms. The van der Waals surface area contributed by atoms with Crippen LogP contribution in [0.5, 0.6) is 0 Å². The fraction of sp³-hybridized carbons (Fsp3) is 0.250. The van der Waals surface area contributed by atoms with Crippen LogP contribution in [0.2, 0.25) is 0 Å². The Labute approximate surface area is 82.6 Å². The highest BCUT2D eigenvalue weighted by molar-refractivity contribution is 5.85. The fourth-order valence-electron chi connectivity index (χ4n) is 1.86. The van der Waals surface area contributed by atoms with Crippen LogP contribution in [0.4, 0.5) is 0 Å². The zero-order chi connectivity index (χ0) is 10.3. The molecule has 2 rings (SSSR count). The fourth-order valence-corrected chi connectivity index (χ4v) is 1.86. The lowest BCUT2D eigenvalue weighted by Gasteiger charge is -2.04. The third-order valence-corrected chi connectivity index (χ3v) is 2.45. The number of rotatable bonds is 0. The number of hydrogen-bond acceptors (Lipinski definition) is 1. The molecule has 0 saturated carbocycles. The summed E-state index contributed by atoms with van der Waals surface area (Å²) in [5.74, 6) is 0. The lowest BCUT2D eigenvalue weighted by atomic mass is 10.0. The third-order valence-electron chi connectivity index (χ3n) is 2.45. The van der Waals surface area contributed by atoms with Gasteiger partial charge in [-0.2, -0.15) is 0 Å². The summed E-state index contributed by atoms with van der Waals surface area (Å²) in [6.07, 6.45) is 0. The second kappa shape index (κ2) is 2.98. The van der Waals surface area contributed by atoms with E-state index in [1.165, 1.54) is 0 Å². The first-order chi connectivity index (χ1) is 6.58. The van der Waals surface area contributed by atoms with E-state index >= 15 is 0 Å². The van der Waals surface area contributed by atoms with Crippen LogP contribution in [-0.2, 0) is 0 Å². The second-order valence-corrected chi connectivity index (χ2v) is 3.82. The molecule has 2 heteroatoms. The molecule has 1 N–H and O–H groups in total. The van der Waals surface area contributed by atoms with Crippen molar-refractivity contribution in [2.75, 3.05) is 0 Å². The second-order valence-electron chi connectivity index (χ2n) is 3.82. The monoisotopic (exact) mass is 187 g/mol. The maximum absolute atomic E-state index is 11.6. The number of aromatic nitrogens is 1. The number of nitrogens with one attached hydrogen (secondary N) is 1. The van der Waals surface area contributed by atoms with Crippen LogP contribution in [0.3, 0.4) is 0 Å². The summed E-state index contributed by atoms with van der Waals surface area (Å²) in [7, 11) is 0. The summed E-state index contributed by atoms with van der Waals surface area (Å²) in [5, 5.41) is 1.84. The van der Waals surface area contributed by atoms with E-state index in [0.717, 1.165) is 27.6 Å². The van der Waals surface area contributed by atoms with Crippen LogP contribution in [0.1, 0.15) is 16.8 Å². The van der Waals surface area contributed by atoms with E-state index in [2.05, 4.69) is 11.1 Å². The van der Waals surface area contributed by atoms with Crippen molar-refractivity contribution in [2.24, 2.45) is 0 Å². The number of aromatic amines is 1. The Kier molecular flexibility index (Phi) is 1.92. The molecule has 0 unspecified atom stereocenters. The van der Waals surface area contributed by atoms with Crippen molar-refractivity contribution >= 4 is 10.8 Å². The van der Waals surface area contributed by atoms with E-state index in [1.54, 1.807) is 0 Å². The first kappa shape index (κ1) is 9.00. The van der Waals surface area contributed by atoms with Gasteiger partial charge in [-0.15, -0.1) is 0 Å². The molecule has 72 valence electrons. The average molecular weight is 187 g/mol. The molecule has 2 nitrogen and oxygen atoms in total. The van der Waals surface area contributed by atoms with Crippen molar-refractivity contribution in [2.45, 2.75) is 20.8 Å². The summed E-state index contributed by atoms with van der Waals surface area (Å²) in [4.78, 5) is 14.5. The highest BCUT2D eigenvalue weighted by Crippen LogP contribution is 2.17. The lowest BCUT2D eigenvalue weighted by Crippen LogP contribution is -2.08. The Hall–Kier alpha value is -1.57. The molecule has 0 radical (unpaired) electrons. The van der Waals surface area contributed by atoms with Crippen LogP contribution in [-0.4, -0.2) is 4.98 Å². The minimum atomic E-state index is 0.00630. The van der Waals surface area contributed by atoms with Gasteiger partial charge in [-0.05, 0) is 43.9 Å². The summed E-state index contributed by atoms with van der Waals surface area (Å²) < 4.78 is 0. The van der Waals surface area contributed by atoms with Gasteiger partial charge in [-0.25, -0.2) is 0 Å². The van der Waals surface area contributed by atoms with Gasteiger partial charge in [0.05, 0.1) is 0 Å². The van der Waals surface area contributed by atoms with Crippen LogP contribution in [0, 0.1) is 20.8 Å². The number of aryl methyl sites for hydroxylation is 3. The molecule has 0 amide bonds. The van der Waals surface area contributed by atoms with Gasteiger partial charge in [-0.1, -0.05) is 11.6 Å². The van der Waals surface area contributed by atoms with E-state index in [-0.39, 0.29) is 5.56 Å². The van der Waals surface area contributed by atoms with Gasteiger partial charge in [0, 0.05) is 11.1 Å². The van der Waals surface area contributed by atoms with E-state index in [4.69, 9.17) is 0 Å². The predicted octanol–water partition coefficient (Wildman–Crippen LogP) is 2.45. The highest BCUT2D eigenvalue weighted by Gasteiger charge is 2.02. The molecule has 0 spiro atoms. The largest absolute Gasteiger partial charge is 0.326 e. The molecule has 0 fully saturated rings. The molecule has 0 atom stereocenters. The minimum Gasteiger partial charge on any atom is -0.326 e. The van der Waals surface area contributed by atoms with Gasteiger partial charge in [0.1, 0.15) is 0 Å². The molecule has 1 heterocycles. The van der Waals surface area contributed by atoms with Crippen LogP contribution in [0.15, 0.2) is 23.0 Å². The Morgan fingerprint density at radius 3 is 2.43 bits per heavy atom. The smallest absolute Gasteiger partial charge is 0.256 e. The lowest BCUT2D eigenvalue weighted by molar-refractivity contribution is 1.17. The topological polar surface area (TPSA) is 32.9 Å². The van der Waals surface area contributed by atoms with E-state index in [9.17, 15) is 4.79 Å². The van der Waals surface area contributed by atoms with E-state index in [0.29, 0.717) is 0 Å².